The van der Waals surface area contributed by atoms with Gasteiger partial charge >= 0.3 is 5.97 Å². The second-order valence-electron chi connectivity index (χ2n) is 5.34. The summed E-state index contributed by atoms with van der Waals surface area (Å²) in [7, 11) is 0. The molecule has 1 saturated carbocycles. The monoisotopic (exact) mass is 255 g/mol. The molecule has 1 aliphatic carbocycles. The van der Waals surface area contributed by atoms with E-state index in [9.17, 15) is 4.79 Å². The molecular formula is C14H25NO3. The van der Waals surface area contributed by atoms with Crippen LogP contribution < -0.4 is 5.32 Å². The minimum absolute atomic E-state index is 0.0759. The van der Waals surface area contributed by atoms with Crippen molar-refractivity contribution in [1.29, 1.82) is 0 Å². The normalized spacial score (nSPS) is 26.9. The maximum absolute atomic E-state index is 12.3. The zero-order chi connectivity index (χ0) is 13.0. The summed E-state index contributed by atoms with van der Waals surface area (Å²) in [6.07, 6.45) is 5.55. The van der Waals surface area contributed by atoms with Gasteiger partial charge in [0.05, 0.1) is 12.7 Å². The summed E-state index contributed by atoms with van der Waals surface area (Å²) < 4.78 is 10.9. The topological polar surface area (TPSA) is 47.6 Å². The molecule has 4 heteroatoms. The summed E-state index contributed by atoms with van der Waals surface area (Å²) in [6.45, 7) is 6.01. The van der Waals surface area contributed by atoms with Crippen LogP contribution in [0.1, 0.15) is 46.0 Å². The van der Waals surface area contributed by atoms with Gasteiger partial charge in [0.15, 0.2) is 0 Å². The van der Waals surface area contributed by atoms with Gasteiger partial charge in [-0.15, -0.1) is 0 Å². The molecule has 18 heavy (non-hydrogen) atoms. The highest BCUT2D eigenvalue weighted by molar-refractivity contribution is 5.81. The van der Waals surface area contributed by atoms with Crippen LogP contribution in [0.4, 0.5) is 0 Å². The van der Waals surface area contributed by atoms with Crippen LogP contribution in [0.15, 0.2) is 0 Å². The Morgan fingerprint density at radius 2 is 2.17 bits per heavy atom. The van der Waals surface area contributed by atoms with Crippen molar-refractivity contribution in [2.24, 2.45) is 5.92 Å². The van der Waals surface area contributed by atoms with Crippen molar-refractivity contribution in [1.82, 2.24) is 5.32 Å². The first-order valence-corrected chi connectivity index (χ1v) is 7.26. The number of carbonyl (C=O) groups is 1. The van der Waals surface area contributed by atoms with Gasteiger partial charge in [0, 0.05) is 13.2 Å². The van der Waals surface area contributed by atoms with E-state index in [1.54, 1.807) is 0 Å². The first kappa shape index (κ1) is 13.8. The van der Waals surface area contributed by atoms with E-state index in [2.05, 4.69) is 12.2 Å². The first-order chi connectivity index (χ1) is 8.73. The molecule has 2 fully saturated rings. The van der Waals surface area contributed by atoms with Crippen LogP contribution in [-0.4, -0.2) is 37.4 Å². The van der Waals surface area contributed by atoms with Crippen molar-refractivity contribution in [3.05, 3.63) is 0 Å². The summed E-state index contributed by atoms with van der Waals surface area (Å²) in [5.74, 6) is 0.371. The van der Waals surface area contributed by atoms with Gasteiger partial charge in [-0.05, 0) is 44.9 Å². The van der Waals surface area contributed by atoms with Crippen LogP contribution in [0.25, 0.3) is 0 Å². The Balaban J connectivity index is 1.96. The fourth-order valence-corrected chi connectivity index (χ4v) is 2.88. The quantitative estimate of drug-likeness (QED) is 0.706. The Kier molecular flexibility index (Phi) is 4.62. The highest BCUT2D eigenvalue weighted by atomic mass is 16.5. The highest BCUT2D eigenvalue weighted by Crippen LogP contribution is 2.42. The molecule has 2 unspecified atom stereocenters. The summed E-state index contributed by atoms with van der Waals surface area (Å²) in [5.41, 5.74) is -0.470. The second kappa shape index (κ2) is 6.02. The molecular weight excluding hydrogens is 230 g/mol. The van der Waals surface area contributed by atoms with Crippen molar-refractivity contribution < 1.29 is 14.3 Å². The van der Waals surface area contributed by atoms with E-state index in [1.165, 1.54) is 0 Å². The number of carbonyl (C=O) groups excluding carboxylic acids is 1. The van der Waals surface area contributed by atoms with E-state index in [0.29, 0.717) is 12.5 Å². The van der Waals surface area contributed by atoms with Gasteiger partial charge in [-0.1, -0.05) is 6.92 Å². The Labute approximate surface area is 109 Å². The first-order valence-electron chi connectivity index (χ1n) is 7.26. The third kappa shape index (κ3) is 2.86. The maximum atomic E-state index is 12.3. The van der Waals surface area contributed by atoms with Crippen LogP contribution >= 0.6 is 0 Å². The SMILES string of the molecule is CCOC(=O)C(CC)(NCC1CCCO1)C1CC1. The lowest BCUT2D eigenvalue weighted by molar-refractivity contribution is -0.152. The molecule has 2 aliphatic rings. The molecule has 0 aromatic rings. The largest absolute Gasteiger partial charge is 0.465 e. The lowest BCUT2D eigenvalue weighted by atomic mass is 9.89. The molecule has 1 N–H and O–H groups in total. The zero-order valence-corrected chi connectivity index (χ0v) is 11.5. The summed E-state index contributed by atoms with van der Waals surface area (Å²) >= 11 is 0. The minimum atomic E-state index is -0.470. The third-order valence-corrected chi connectivity index (χ3v) is 4.14. The van der Waals surface area contributed by atoms with Crippen molar-refractivity contribution in [2.75, 3.05) is 19.8 Å². The average Bonchev–Trinajstić information content (AvgIpc) is 3.08. The van der Waals surface area contributed by atoms with Gasteiger partial charge in [-0.25, -0.2) is 0 Å². The molecule has 0 radical (unpaired) electrons. The molecule has 2 atom stereocenters. The number of hydrogen-bond acceptors (Lipinski definition) is 4. The van der Waals surface area contributed by atoms with Crippen LogP contribution in [0.3, 0.4) is 0 Å². The number of rotatable bonds is 7. The van der Waals surface area contributed by atoms with Crippen molar-refractivity contribution in [3.8, 4) is 0 Å². The van der Waals surface area contributed by atoms with Crippen LogP contribution in [-0.2, 0) is 14.3 Å². The molecule has 2 rings (SSSR count). The molecule has 0 bridgehead atoms. The Morgan fingerprint density at radius 3 is 2.67 bits per heavy atom. The zero-order valence-electron chi connectivity index (χ0n) is 11.5. The number of nitrogens with one attached hydrogen (secondary N) is 1. The van der Waals surface area contributed by atoms with Gasteiger partial charge in [-0.2, -0.15) is 0 Å². The van der Waals surface area contributed by atoms with E-state index < -0.39 is 5.54 Å². The average molecular weight is 255 g/mol. The van der Waals surface area contributed by atoms with Crippen LogP contribution in [0, 0.1) is 5.92 Å². The number of ether oxygens (including phenoxy) is 2. The van der Waals surface area contributed by atoms with Gasteiger partial charge in [-0.3, -0.25) is 10.1 Å². The number of hydrogen-bond donors (Lipinski definition) is 1. The predicted octanol–water partition coefficient (Wildman–Crippen LogP) is 1.88. The lowest BCUT2D eigenvalue weighted by Gasteiger charge is -2.32. The fraction of sp³-hybridized carbons (Fsp3) is 0.929. The highest BCUT2D eigenvalue weighted by Gasteiger charge is 2.50. The molecule has 1 heterocycles. The summed E-state index contributed by atoms with van der Waals surface area (Å²) in [6, 6.07) is 0. The Hall–Kier alpha value is -0.610. The van der Waals surface area contributed by atoms with E-state index in [0.717, 1.165) is 45.3 Å². The Morgan fingerprint density at radius 1 is 1.39 bits per heavy atom. The second-order valence-corrected chi connectivity index (χ2v) is 5.34. The minimum Gasteiger partial charge on any atom is -0.465 e. The Bertz CT molecular complexity index is 285. The van der Waals surface area contributed by atoms with Crippen molar-refractivity contribution >= 4 is 5.97 Å². The van der Waals surface area contributed by atoms with E-state index in [4.69, 9.17) is 9.47 Å². The van der Waals surface area contributed by atoms with Crippen molar-refractivity contribution in [3.63, 3.8) is 0 Å². The summed E-state index contributed by atoms with van der Waals surface area (Å²) in [4.78, 5) is 12.3. The molecule has 1 aliphatic heterocycles. The molecule has 0 aromatic carbocycles. The van der Waals surface area contributed by atoms with Gasteiger partial charge < -0.3 is 9.47 Å². The van der Waals surface area contributed by atoms with E-state index in [-0.39, 0.29) is 12.1 Å². The fourth-order valence-electron chi connectivity index (χ4n) is 2.88. The van der Waals surface area contributed by atoms with E-state index >= 15 is 0 Å². The standard InChI is InChI=1S/C14H25NO3/c1-3-14(11-7-8-11,13(16)17-4-2)15-10-12-6-5-9-18-12/h11-12,15H,3-10H2,1-2H3. The van der Waals surface area contributed by atoms with Crippen LogP contribution in [0.5, 0.6) is 0 Å². The van der Waals surface area contributed by atoms with Crippen molar-refractivity contribution in [2.45, 2.75) is 57.6 Å². The van der Waals surface area contributed by atoms with E-state index in [1.807, 2.05) is 6.92 Å². The van der Waals surface area contributed by atoms with Crippen LogP contribution in [0.2, 0.25) is 0 Å². The smallest absolute Gasteiger partial charge is 0.326 e. The lowest BCUT2D eigenvalue weighted by Crippen LogP contribution is -2.56. The number of esters is 1. The third-order valence-electron chi connectivity index (χ3n) is 4.14. The molecule has 4 nitrogen and oxygen atoms in total. The van der Waals surface area contributed by atoms with Gasteiger partial charge in [0.2, 0.25) is 0 Å². The van der Waals surface area contributed by atoms with Gasteiger partial charge in [0.25, 0.3) is 0 Å². The van der Waals surface area contributed by atoms with Gasteiger partial charge in [0.1, 0.15) is 5.54 Å². The summed E-state index contributed by atoms with van der Waals surface area (Å²) in [5, 5.41) is 3.47. The molecule has 0 aromatic heterocycles. The molecule has 1 saturated heterocycles. The predicted molar refractivity (Wildman–Crippen MR) is 69.4 cm³/mol. The molecule has 0 amide bonds. The molecule has 104 valence electrons. The molecule has 0 spiro atoms. The maximum Gasteiger partial charge on any atom is 0.326 e.